The molecule has 0 aliphatic heterocycles. The molecule has 0 bridgehead atoms. The third-order valence-electron chi connectivity index (χ3n) is 8.15. The molecule has 1 N–H and O–H groups in total. The summed E-state index contributed by atoms with van der Waals surface area (Å²) in [5, 5.41) is 12.8. The second-order valence-electron chi connectivity index (χ2n) is 10.9. The molecule has 8 aromatic rings. The minimum atomic E-state index is 0.208. The highest BCUT2D eigenvalue weighted by Gasteiger charge is 2.17. The van der Waals surface area contributed by atoms with Gasteiger partial charge in [-0.2, -0.15) is 0 Å². The fraction of sp³-hybridized carbons (Fsp3) is 0. The fourth-order valence-corrected chi connectivity index (χ4v) is 6.03. The van der Waals surface area contributed by atoms with Crippen molar-refractivity contribution in [3.05, 3.63) is 158 Å². The van der Waals surface area contributed by atoms with E-state index >= 15 is 0 Å². The molecule has 0 saturated heterocycles. The number of aromatic nitrogens is 3. The van der Waals surface area contributed by atoms with Crippen LogP contribution in [-0.4, -0.2) is 19.6 Å². The van der Waals surface area contributed by atoms with E-state index in [9.17, 15) is 5.11 Å². The number of nitrogens with zero attached hydrogens (tertiary/aromatic N) is 3. The highest BCUT2D eigenvalue weighted by Crippen LogP contribution is 2.37. The molecule has 4 nitrogen and oxygen atoms in total. The molecule has 8 rings (SSSR count). The quantitative estimate of drug-likeness (QED) is 0.226. The van der Waals surface area contributed by atoms with Crippen molar-refractivity contribution in [2.45, 2.75) is 0 Å². The van der Waals surface area contributed by atoms with Crippen molar-refractivity contribution in [1.82, 2.24) is 14.5 Å². The SMILES string of the molecule is Oc1ccccc1-c1ccc2c3ccccc3n(-c3cc(-c4ccccc4)cc(-c4cc(-c5ccccc5)ccn4)c3)c2n1. The lowest BCUT2D eigenvalue weighted by Crippen LogP contribution is -1.98. The van der Waals surface area contributed by atoms with E-state index in [0.717, 1.165) is 66.8 Å². The molecule has 208 valence electrons. The van der Waals surface area contributed by atoms with E-state index in [4.69, 9.17) is 9.97 Å². The largest absolute Gasteiger partial charge is 0.507 e. The van der Waals surface area contributed by atoms with E-state index in [1.54, 1.807) is 6.07 Å². The van der Waals surface area contributed by atoms with Crippen LogP contribution in [0.15, 0.2) is 158 Å². The Bertz CT molecular complexity index is 2290. The molecular weight excluding hydrogens is 538 g/mol. The van der Waals surface area contributed by atoms with Crippen molar-refractivity contribution >= 4 is 21.9 Å². The lowest BCUT2D eigenvalue weighted by molar-refractivity contribution is 0.477. The number of hydrogen-bond donors (Lipinski definition) is 1. The van der Waals surface area contributed by atoms with Gasteiger partial charge in [-0.25, -0.2) is 4.98 Å². The number of phenols is 1. The first-order valence-electron chi connectivity index (χ1n) is 14.6. The summed E-state index contributed by atoms with van der Waals surface area (Å²) in [7, 11) is 0. The molecule has 5 aromatic carbocycles. The molecule has 0 fully saturated rings. The first-order chi connectivity index (χ1) is 21.7. The van der Waals surface area contributed by atoms with Gasteiger partial charge in [-0.3, -0.25) is 9.55 Å². The summed E-state index contributed by atoms with van der Waals surface area (Å²) in [6.07, 6.45) is 1.88. The van der Waals surface area contributed by atoms with Crippen LogP contribution < -0.4 is 0 Å². The number of para-hydroxylation sites is 2. The molecule has 0 amide bonds. The molecule has 0 aliphatic rings. The van der Waals surface area contributed by atoms with Gasteiger partial charge >= 0.3 is 0 Å². The lowest BCUT2D eigenvalue weighted by Gasteiger charge is -2.14. The van der Waals surface area contributed by atoms with Crippen molar-refractivity contribution < 1.29 is 5.11 Å². The number of fused-ring (bicyclic) bond motifs is 3. The fourth-order valence-electron chi connectivity index (χ4n) is 6.03. The highest BCUT2D eigenvalue weighted by molar-refractivity contribution is 6.08. The summed E-state index contributed by atoms with van der Waals surface area (Å²) in [5.41, 5.74) is 10.7. The van der Waals surface area contributed by atoms with Crippen LogP contribution >= 0.6 is 0 Å². The Labute approximate surface area is 255 Å². The van der Waals surface area contributed by atoms with E-state index in [2.05, 4.69) is 114 Å². The highest BCUT2D eigenvalue weighted by atomic mass is 16.3. The summed E-state index contributed by atoms with van der Waals surface area (Å²) in [6, 6.07) is 51.5. The van der Waals surface area contributed by atoms with Crippen LogP contribution in [0.5, 0.6) is 5.75 Å². The zero-order chi connectivity index (χ0) is 29.5. The van der Waals surface area contributed by atoms with Gasteiger partial charge < -0.3 is 5.11 Å². The van der Waals surface area contributed by atoms with Crippen molar-refractivity contribution in [2.24, 2.45) is 0 Å². The maximum absolute atomic E-state index is 10.6. The molecule has 0 unspecified atom stereocenters. The van der Waals surface area contributed by atoms with Crippen molar-refractivity contribution in [3.63, 3.8) is 0 Å². The molecule has 0 saturated carbocycles. The van der Waals surface area contributed by atoms with Gasteiger partial charge in [-0.1, -0.05) is 91.0 Å². The van der Waals surface area contributed by atoms with Gasteiger partial charge in [0.1, 0.15) is 11.4 Å². The first kappa shape index (κ1) is 25.7. The van der Waals surface area contributed by atoms with Gasteiger partial charge in [0.25, 0.3) is 0 Å². The number of rotatable bonds is 5. The third kappa shape index (κ3) is 4.50. The average Bonchev–Trinajstić information content (AvgIpc) is 3.43. The molecule has 44 heavy (non-hydrogen) atoms. The van der Waals surface area contributed by atoms with Crippen LogP contribution in [0.4, 0.5) is 0 Å². The molecule has 0 radical (unpaired) electrons. The second kappa shape index (κ2) is 10.7. The molecule has 3 aromatic heterocycles. The maximum Gasteiger partial charge on any atom is 0.146 e. The predicted octanol–water partition coefficient (Wildman–Crippen LogP) is 9.95. The molecule has 0 spiro atoms. The predicted molar refractivity (Wildman–Crippen MR) is 180 cm³/mol. The van der Waals surface area contributed by atoms with Crippen LogP contribution in [0, 0.1) is 0 Å². The van der Waals surface area contributed by atoms with Crippen molar-refractivity contribution in [3.8, 4) is 56.2 Å². The topological polar surface area (TPSA) is 50.9 Å². The Hall–Kier alpha value is -6.00. The van der Waals surface area contributed by atoms with E-state index in [1.807, 2.05) is 42.6 Å². The summed E-state index contributed by atoms with van der Waals surface area (Å²) in [5.74, 6) is 0.208. The summed E-state index contributed by atoms with van der Waals surface area (Å²) >= 11 is 0. The van der Waals surface area contributed by atoms with E-state index in [0.29, 0.717) is 5.56 Å². The Kier molecular flexibility index (Phi) is 6.24. The van der Waals surface area contributed by atoms with E-state index in [-0.39, 0.29) is 5.75 Å². The van der Waals surface area contributed by atoms with Crippen LogP contribution in [-0.2, 0) is 0 Å². The maximum atomic E-state index is 10.6. The standard InChI is InChI=1S/C40H27N3O/c44-39-18-10-8-16-35(39)36-20-19-34-33-15-7-9-17-38(33)43(40(34)42-36)32-24-30(28-13-5-2-6-14-28)23-31(25-32)37-26-29(21-22-41-37)27-11-3-1-4-12-27/h1-26,44H. The molecule has 4 heteroatoms. The average molecular weight is 566 g/mol. The van der Waals surface area contributed by atoms with Crippen LogP contribution in [0.25, 0.3) is 72.4 Å². The van der Waals surface area contributed by atoms with Crippen molar-refractivity contribution in [2.75, 3.05) is 0 Å². The molecule has 0 atom stereocenters. The van der Waals surface area contributed by atoms with E-state index in [1.165, 1.54) is 0 Å². The monoisotopic (exact) mass is 565 g/mol. The number of benzene rings is 5. The minimum Gasteiger partial charge on any atom is -0.507 e. The van der Waals surface area contributed by atoms with Crippen LogP contribution in [0.1, 0.15) is 0 Å². The summed E-state index contributed by atoms with van der Waals surface area (Å²) < 4.78 is 2.23. The Balaban J connectivity index is 1.40. The van der Waals surface area contributed by atoms with Gasteiger partial charge in [-0.15, -0.1) is 0 Å². The number of hydrogen-bond acceptors (Lipinski definition) is 3. The number of aromatic hydroxyl groups is 1. The Morgan fingerprint density at radius 3 is 1.95 bits per heavy atom. The normalized spacial score (nSPS) is 11.3. The zero-order valence-corrected chi connectivity index (χ0v) is 23.8. The van der Waals surface area contributed by atoms with Gasteiger partial charge in [-0.05, 0) is 82.9 Å². The molecular formula is C40H27N3O. The number of pyridine rings is 2. The van der Waals surface area contributed by atoms with Gasteiger partial charge in [0.15, 0.2) is 0 Å². The van der Waals surface area contributed by atoms with Crippen LogP contribution in [0.2, 0.25) is 0 Å². The number of phenolic OH excluding ortho intramolecular Hbond substituents is 1. The Morgan fingerprint density at radius 2 is 1.16 bits per heavy atom. The molecule has 3 heterocycles. The van der Waals surface area contributed by atoms with Gasteiger partial charge in [0.05, 0.1) is 16.9 Å². The third-order valence-corrected chi connectivity index (χ3v) is 8.15. The Morgan fingerprint density at radius 1 is 0.477 bits per heavy atom. The zero-order valence-electron chi connectivity index (χ0n) is 23.8. The second-order valence-corrected chi connectivity index (χ2v) is 10.9. The first-order valence-corrected chi connectivity index (χ1v) is 14.6. The van der Waals surface area contributed by atoms with Gasteiger partial charge in [0.2, 0.25) is 0 Å². The van der Waals surface area contributed by atoms with E-state index < -0.39 is 0 Å². The summed E-state index contributed by atoms with van der Waals surface area (Å²) in [6.45, 7) is 0. The smallest absolute Gasteiger partial charge is 0.146 e. The molecule has 0 aliphatic carbocycles. The minimum absolute atomic E-state index is 0.208. The lowest BCUT2D eigenvalue weighted by atomic mass is 9.98. The van der Waals surface area contributed by atoms with Crippen molar-refractivity contribution in [1.29, 1.82) is 0 Å². The van der Waals surface area contributed by atoms with Gasteiger partial charge in [0, 0.05) is 33.8 Å². The summed E-state index contributed by atoms with van der Waals surface area (Å²) in [4.78, 5) is 9.99. The van der Waals surface area contributed by atoms with Crippen LogP contribution in [0.3, 0.4) is 0 Å².